The van der Waals surface area contributed by atoms with Gasteiger partial charge in [-0.15, -0.1) is 0 Å². The van der Waals surface area contributed by atoms with Crippen molar-refractivity contribution >= 4 is 22.5 Å². The number of para-hydroxylation sites is 1. The van der Waals surface area contributed by atoms with Crippen molar-refractivity contribution in [2.24, 2.45) is 0 Å². The summed E-state index contributed by atoms with van der Waals surface area (Å²) < 4.78 is 2.25. The van der Waals surface area contributed by atoms with Crippen LogP contribution in [-0.2, 0) is 13.1 Å². The van der Waals surface area contributed by atoms with E-state index >= 15 is 0 Å². The smallest absolute Gasteiger partial charge is 0.0672 e. The third-order valence-corrected chi connectivity index (χ3v) is 4.51. The number of nitrogens with one attached hydrogen (secondary N) is 1. The second kappa shape index (κ2) is 5.56. The minimum Gasteiger partial charge on any atom is -0.346 e. The highest BCUT2D eigenvalue weighted by atomic mass is 35.5. The van der Waals surface area contributed by atoms with E-state index < -0.39 is 0 Å². The van der Waals surface area contributed by atoms with Crippen molar-refractivity contribution in [2.45, 2.75) is 51.7 Å². The predicted molar refractivity (Wildman–Crippen MR) is 81.7 cm³/mol. The van der Waals surface area contributed by atoms with Gasteiger partial charge in [0.05, 0.1) is 10.5 Å². The largest absolute Gasteiger partial charge is 0.346 e. The Morgan fingerprint density at radius 2 is 2.11 bits per heavy atom. The minimum atomic E-state index is 0.708. The summed E-state index contributed by atoms with van der Waals surface area (Å²) >= 11 is 6.34. The van der Waals surface area contributed by atoms with Gasteiger partial charge in [0.25, 0.3) is 0 Å². The lowest BCUT2D eigenvalue weighted by Crippen LogP contribution is -2.25. The van der Waals surface area contributed by atoms with Crippen LogP contribution in [0, 0.1) is 0 Å². The standard InChI is InChI=1S/C16H21ClN2/c1-2-19-11-12(10-18-13-6-3-4-7-13)14-8-5-9-15(17)16(14)19/h5,8-9,11,13,18H,2-4,6-7,10H2,1H3. The van der Waals surface area contributed by atoms with E-state index in [9.17, 15) is 0 Å². The zero-order chi connectivity index (χ0) is 13.2. The van der Waals surface area contributed by atoms with Gasteiger partial charge >= 0.3 is 0 Å². The molecule has 2 nitrogen and oxygen atoms in total. The van der Waals surface area contributed by atoms with E-state index in [4.69, 9.17) is 11.6 Å². The van der Waals surface area contributed by atoms with E-state index in [1.54, 1.807) is 0 Å². The van der Waals surface area contributed by atoms with Crippen LogP contribution in [-0.4, -0.2) is 10.6 Å². The van der Waals surface area contributed by atoms with Crippen molar-refractivity contribution in [3.05, 3.63) is 35.0 Å². The molecule has 0 atom stereocenters. The molecule has 1 aromatic carbocycles. The van der Waals surface area contributed by atoms with Crippen molar-refractivity contribution in [3.63, 3.8) is 0 Å². The third kappa shape index (κ3) is 2.52. The second-order valence-corrected chi connectivity index (χ2v) is 5.85. The fourth-order valence-electron chi connectivity index (χ4n) is 3.16. The van der Waals surface area contributed by atoms with Gasteiger partial charge in [-0.1, -0.05) is 36.6 Å². The Labute approximate surface area is 119 Å². The van der Waals surface area contributed by atoms with E-state index in [1.165, 1.54) is 42.1 Å². The fraction of sp³-hybridized carbons (Fsp3) is 0.500. The Bertz CT molecular complexity index is 567. The summed E-state index contributed by atoms with van der Waals surface area (Å²) in [6.45, 7) is 4.08. The molecule has 3 heteroatoms. The van der Waals surface area contributed by atoms with E-state index in [2.05, 4.69) is 29.1 Å². The third-order valence-electron chi connectivity index (χ3n) is 4.21. The lowest BCUT2D eigenvalue weighted by Gasteiger charge is -2.10. The lowest BCUT2D eigenvalue weighted by atomic mass is 10.1. The van der Waals surface area contributed by atoms with Crippen molar-refractivity contribution in [2.75, 3.05) is 0 Å². The monoisotopic (exact) mass is 276 g/mol. The summed E-state index contributed by atoms with van der Waals surface area (Å²) in [5.41, 5.74) is 2.54. The van der Waals surface area contributed by atoms with Crippen LogP contribution in [0.2, 0.25) is 5.02 Å². The average Bonchev–Trinajstić information content (AvgIpc) is 3.04. The molecular formula is C16H21ClN2. The van der Waals surface area contributed by atoms with Crippen LogP contribution in [0.25, 0.3) is 10.9 Å². The molecule has 1 N–H and O–H groups in total. The molecule has 1 fully saturated rings. The number of benzene rings is 1. The highest BCUT2D eigenvalue weighted by Crippen LogP contribution is 2.28. The summed E-state index contributed by atoms with van der Waals surface area (Å²) in [6, 6.07) is 6.91. The zero-order valence-corrected chi connectivity index (χ0v) is 12.2. The molecule has 0 spiro atoms. The van der Waals surface area contributed by atoms with E-state index in [0.29, 0.717) is 6.04 Å². The number of aromatic nitrogens is 1. The predicted octanol–water partition coefficient (Wildman–Crippen LogP) is 4.35. The molecule has 1 saturated carbocycles. The Balaban J connectivity index is 1.88. The summed E-state index contributed by atoms with van der Waals surface area (Å²) in [5.74, 6) is 0. The van der Waals surface area contributed by atoms with Crippen LogP contribution in [0.4, 0.5) is 0 Å². The molecule has 102 valence electrons. The lowest BCUT2D eigenvalue weighted by molar-refractivity contribution is 0.525. The molecule has 0 saturated heterocycles. The van der Waals surface area contributed by atoms with Gasteiger partial charge in [0, 0.05) is 30.7 Å². The zero-order valence-electron chi connectivity index (χ0n) is 11.5. The SMILES string of the molecule is CCn1cc(CNC2CCCC2)c2cccc(Cl)c21. The van der Waals surface area contributed by atoms with Crippen LogP contribution in [0.5, 0.6) is 0 Å². The van der Waals surface area contributed by atoms with Gasteiger partial charge in [-0.05, 0) is 31.4 Å². The van der Waals surface area contributed by atoms with Gasteiger partial charge in [-0.3, -0.25) is 0 Å². The van der Waals surface area contributed by atoms with Crippen molar-refractivity contribution in [1.82, 2.24) is 9.88 Å². The maximum Gasteiger partial charge on any atom is 0.0672 e. The first kappa shape index (κ1) is 13.0. The number of fused-ring (bicyclic) bond motifs is 1. The molecule has 2 aromatic rings. The molecule has 1 aliphatic rings. The maximum atomic E-state index is 6.34. The van der Waals surface area contributed by atoms with Gasteiger partial charge in [0.1, 0.15) is 0 Å². The molecule has 1 aromatic heterocycles. The first-order chi connectivity index (χ1) is 9.29. The number of rotatable bonds is 4. The molecule has 3 rings (SSSR count). The topological polar surface area (TPSA) is 17.0 Å². The molecule has 0 radical (unpaired) electrons. The van der Waals surface area contributed by atoms with Gasteiger partial charge in [0.15, 0.2) is 0 Å². The number of hydrogen-bond donors (Lipinski definition) is 1. The fourth-order valence-corrected chi connectivity index (χ4v) is 3.45. The number of aryl methyl sites for hydroxylation is 1. The van der Waals surface area contributed by atoms with Crippen LogP contribution in [0.3, 0.4) is 0 Å². The van der Waals surface area contributed by atoms with Crippen molar-refractivity contribution in [1.29, 1.82) is 0 Å². The summed E-state index contributed by atoms with van der Waals surface area (Å²) in [5, 5.41) is 5.84. The van der Waals surface area contributed by atoms with Gasteiger partial charge in [-0.2, -0.15) is 0 Å². The Hall–Kier alpha value is -0.990. The van der Waals surface area contributed by atoms with E-state index in [1.807, 2.05) is 12.1 Å². The molecule has 1 aliphatic carbocycles. The number of nitrogens with zero attached hydrogens (tertiary/aromatic N) is 1. The van der Waals surface area contributed by atoms with Crippen LogP contribution >= 0.6 is 11.6 Å². The first-order valence-electron chi connectivity index (χ1n) is 7.29. The second-order valence-electron chi connectivity index (χ2n) is 5.44. The quantitative estimate of drug-likeness (QED) is 0.879. The van der Waals surface area contributed by atoms with Gasteiger partial charge in [-0.25, -0.2) is 0 Å². The van der Waals surface area contributed by atoms with Crippen molar-refractivity contribution in [3.8, 4) is 0 Å². The highest BCUT2D eigenvalue weighted by Gasteiger charge is 2.16. The highest BCUT2D eigenvalue weighted by molar-refractivity contribution is 6.35. The van der Waals surface area contributed by atoms with Gasteiger partial charge < -0.3 is 9.88 Å². The van der Waals surface area contributed by atoms with Crippen molar-refractivity contribution < 1.29 is 0 Å². The molecule has 1 heterocycles. The molecular weight excluding hydrogens is 256 g/mol. The molecule has 0 aliphatic heterocycles. The van der Waals surface area contributed by atoms with Crippen LogP contribution in [0.15, 0.2) is 24.4 Å². The minimum absolute atomic E-state index is 0.708. The van der Waals surface area contributed by atoms with Gasteiger partial charge in [0.2, 0.25) is 0 Å². The summed E-state index contributed by atoms with van der Waals surface area (Å²) in [7, 11) is 0. The molecule has 0 amide bonds. The van der Waals surface area contributed by atoms with Crippen LogP contribution < -0.4 is 5.32 Å². The Kier molecular flexibility index (Phi) is 3.81. The average molecular weight is 277 g/mol. The maximum absolute atomic E-state index is 6.34. The summed E-state index contributed by atoms with van der Waals surface area (Å²) in [6.07, 6.45) is 7.65. The molecule has 0 bridgehead atoms. The number of halogens is 1. The first-order valence-corrected chi connectivity index (χ1v) is 7.67. The number of hydrogen-bond acceptors (Lipinski definition) is 1. The summed E-state index contributed by atoms with van der Waals surface area (Å²) in [4.78, 5) is 0. The normalized spacial score (nSPS) is 16.5. The molecule has 0 unspecified atom stereocenters. The molecule has 19 heavy (non-hydrogen) atoms. The Morgan fingerprint density at radius 1 is 1.32 bits per heavy atom. The van der Waals surface area contributed by atoms with Crippen LogP contribution in [0.1, 0.15) is 38.2 Å². The van der Waals surface area contributed by atoms with E-state index in [-0.39, 0.29) is 0 Å². The Morgan fingerprint density at radius 3 is 2.84 bits per heavy atom. The van der Waals surface area contributed by atoms with E-state index in [0.717, 1.165) is 18.1 Å².